The van der Waals surface area contributed by atoms with Crippen molar-refractivity contribution in [3.8, 4) is 0 Å². The van der Waals surface area contributed by atoms with Gasteiger partial charge in [-0.05, 0) is 19.8 Å². The Balaban J connectivity index is 2.30. The number of piperidine rings is 1. The number of carbonyl (C=O) groups is 1. The molecule has 100 valence electrons. The first-order valence-corrected chi connectivity index (χ1v) is 6.33. The first-order valence-electron chi connectivity index (χ1n) is 6.33. The maximum absolute atomic E-state index is 11.9. The highest BCUT2D eigenvalue weighted by Gasteiger charge is 2.24. The van der Waals surface area contributed by atoms with E-state index in [1.807, 2.05) is 11.8 Å². The summed E-state index contributed by atoms with van der Waals surface area (Å²) in [7, 11) is 1.59. The number of hydrogen-bond acceptors (Lipinski definition) is 4. The highest BCUT2D eigenvalue weighted by molar-refractivity contribution is 5.76. The zero-order valence-corrected chi connectivity index (χ0v) is 10.9. The van der Waals surface area contributed by atoms with Gasteiger partial charge in [0.1, 0.15) is 0 Å². The molecule has 0 bridgehead atoms. The Hall–Kier alpha value is -0.650. The fraction of sp³-hybridized carbons (Fsp3) is 0.917. The van der Waals surface area contributed by atoms with E-state index in [4.69, 9.17) is 15.2 Å². The van der Waals surface area contributed by atoms with Gasteiger partial charge >= 0.3 is 0 Å². The lowest BCUT2D eigenvalue weighted by atomic mass is 10.1. The van der Waals surface area contributed by atoms with E-state index in [0.717, 1.165) is 32.5 Å². The number of rotatable bonds is 6. The fourth-order valence-electron chi connectivity index (χ4n) is 2.09. The van der Waals surface area contributed by atoms with E-state index in [9.17, 15) is 4.79 Å². The van der Waals surface area contributed by atoms with Crippen molar-refractivity contribution in [2.45, 2.75) is 38.4 Å². The van der Waals surface area contributed by atoms with E-state index in [2.05, 4.69) is 0 Å². The van der Waals surface area contributed by atoms with Gasteiger partial charge in [-0.2, -0.15) is 0 Å². The zero-order chi connectivity index (χ0) is 12.7. The van der Waals surface area contributed by atoms with Crippen LogP contribution < -0.4 is 5.73 Å². The third kappa shape index (κ3) is 4.61. The molecule has 1 aliphatic heterocycles. The molecule has 1 heterocycles. The fourth-order valence-corrected chi connectivity index (χ4v) is 2.09. The molecule has 1 atom stereocenters. The summed E-state index contributed by atoms with van der Waals surface area (Å²) in [5, 5.41) is 0. The van der Waals surface area contributed by atoms with E-state index in [-0.39, 0.29) is 12.0 Å². The van der Waals surface area contributed by atoms with E-state index in [1.165, 1.54) is 0 Å². The van der Waals surface area contributed by atoms with Crippen molar-refractivity contribution < 1.29 is 14.3 Å². The lowest BCUT2D eigenvalue weighted by Crippen LogP contribution is -2.42. The van der Waals surface area contributed by atoms with Gasteiger partial charge in [-0.1, -0.05) is 0 Å². The van der Waals surface area contributed by atoms with E-state index in [0.29, 0.717) is 19.1 Å². The highest BCUT2D eigenvalue weighted by atomic mass is 16.5. The van der Waals surface area contributed by atoms with Crippen LogP contribution in [0.3, 0.4) is 0 Å². The van der Waals surface area contributed by atoms with Crippen molar-refractivity contribution >= 4 is 5.91 Å². The van der Waals surface area contributed by atoms with Crippen LogP contribution in [0.2, 0.25) is 0 Å². The Labute approximate surface area is 103 Å². The van der Waals surface area contributed by atoms with Gasteiger partial charge in [-0.25, -0.2) is 0 Å². The second-order valence-electron chi connectivity index (χ2n) is 4.33. The van der Waals surface area contributed by atoms with Gasteiger partial charge in [0.05, 0.1) is 18.6 Å². The molecule has 0 radical (unpaired) electrons. The number of nitrogens with two attached hydrogens (primary N) is 1. The monoisotopic (exact) mass is 244 g/mol. The predicted octanol–water partition coefficient (Wildman–Crippen LogP) is 0.378. The first kappa shape index (κ1) is 14.4. The largest absolute Gasteiger partial charge is 0.380 e. The van der Waals surface area contributed by atoms with Gasteiger partial charge in [-0.3, -0.25) is 4.79 Å². The second kappa shape index (κ2) is 7.63. The molecule has 1 aliphatic rings. The summed E-state index contributed by atoms with van der Waals surface area (Å²) < 4.78 is 10.7. The molecule has 1 fully saturated rings. The van der Waals surface area contributed by atoms with Crippen LogP contribution >= 0.6 is 0 Å². The highest BCUT2D eigenvalue weighted by Crippen LogP contribution is 2.15. The molecule has 1 amide bonds. The summed E-state index contributed by atoms with van der Waals surface area (Å²) in [5.74, 6) is 0.136. The van der Waals surface area contributed by atoms with E-state index < -0.39 is 0 Å². The lowest BCUT2D eigenvalue weighted by molar-refractivity contribution is -0.136. The van der Waals surface area contributed by atoms with Crippen LogP contribution in [-0.4, -0.2) is 56.4 Å². The summed E-state index contributed by atoms with van der Waals surface area (Å²) in [6.45, 7) is 4.70. The molecule has 0 spiro atoms. The molecule has 1 unspecified atom stereocenters. The third-order valence-electron chi connectivity index (χ3n) is 3.20. The quantitative estimate of drug-likeness (QED) is 0.733. The Bertz CT molecular complexity index is 224. The SMILES string of the molecule is CCOC1CCN(C(=O)CC(CN)OC)CC1. The molecule has 1 saturated heterocycles. The topological polar surface area (TPSA) is 64.8 Å². The summed E-state index contributed by atoms with van der Waals surface area (Å²) >= 11 is 0. The minimum atomic E-state index is -0.160. The van der Waals surface area contributed by atoms with Crippen molar-refractivity contribution in [1.82, 2.24) is 4.90 Å². The van der Waals surface area contributed by atoms with Crippen LogP contribution in [0.5, 0.6) is 0 Å². The Kier molecular flexibility index (Phi) is 6.47. The Morgan fingerprint density at radius 2 is 2.12 bits per heavy atom. The van der Waals surface area contributed by atoms with Crippen molar-refractivity contribution in [3.63, 3.8) is 0 Å². The van der Waals surface area contributed by atoms with Crippen molar-refractivity contribution in [2.75, 3.05) is 33.4 Å². The maximum atomic E-state index is 11.9. The molecule has 0 aliphatic carbocycles. The molecule has 1 rings (SSSR count). The molecule has 0 saturated carbocycles. The number of amides is 1. The number of carbonyl (C=O) groups excluding carboxylic acids is 1. The predicted molar refractivity (Wildman–Crippen MR) is 65.7 cm³/mol. The molecule has 2 N–H and O–H groups in total. The standard InChI is InChI=1S/C12H24N2O3/c1-3-17-10-4-6-14(7-5-10)12(15)8-11(9-13)16-2/h10-11H,3-9,13H2,1-2H3. The molecular formula is C12H24N2O3. The third-order valence-corrected chi connectivity index (χ3v) is 3.20. The number of ether oxygens (including phenoxy) is 2. The molecule has 0 aromatic carbocycles. The zero-order valence-electron chi connectivity index (χ0n) is 10.9. The van der Waals surface area contributed by atoms with Crippen LogP contribution in [0.4, 0.5) is 0 Å². The van der Waals surface area contributed by atoms with Crippen molar-refractivity contribution in [3.05, 3.63) is 0 Å². The minimum absolute atomic E-state index is 0.136. The van der Waals surface area contributed by atoms with E-state index >= 15 is 0 Å². The van der Waals surface area contributed by atoms with Gasteiger partial charge < -0.3 is 20.1 Å². The first-order chi connectivity index (χ1) is 8.21. The smallest absolute Gasteiger partial charge is 0.225 e. The van der Waals surface area contributed by atoms with Crippen molar-refractivity contribution in [2.24, 2.45) is 5.73 Å². The van der Waals surface area contributed by atoms with Crippen LogP contribution in [0.1, 0.15) is 26.2 Å². The number of nitrogens with zero attached hydrogens (tertiary/aromatic N) is 1. The summed E-state index contributed by atoms with van der Waals surface area (Å²) in [5.41, 5.74) is 5.51. The summed E-state index contributed by atoms with van der Waals surface area (Å²) in [6, 6.07) is 0. The van der Waals surface area contributed by atoms with Gasteiger partial charge in [-0.15, -0.1) is 0 Å². The Morgan fingerprint density at radius 1 is 1.47 bits per heavy atom. The van der Waals surface area contributed by atoms with Gasteiger partial charge in [0, 0.05) is 33.4 Å². The normalized spacial score (nSPS) is 19.4. The average Bonchev–Trinajstić information content (AvgIpc) is 2.37. The lowest BCUT2D eigenvalue weighted by Gasteiger charge is -2.32. The van der Waals surface area contributed by atoms with E-state index in [1.54, 1.807) is 7.11 Å². The number of likely N-dealkylation sites (tertiary alicyclic amines) is 1. The van der Waals surface area contributed by atoms with Gasteiger partial charge in [0.2, 0.25) is 5.91 Å². The minimum Gasteiger partial charge on any atom is -0.380 e. The maximum Gasteiger partial charge on any atom is 0.225 e. The molecule has 5 heteroatoms. The molecule has 0 aromatic heterocycles. The molecule has 0 aromatic rings. The average molecular weight is 244 g/mol. The van der Waals surface area contributed by atoms with Gasteiger partial charge in [0.15, 0.2) is 0 Å². The molecular weight excluding hydrogens is 220 g/mol. The second-order valence-corrected chi connectivity index (χ2v) is 4.33. The van der Waals surface area contributed by atoms with Crippen molar-refractivity contribution in [1.29, 1.82) is 0 Å². The van der Waals surface area contributed by atoms with Gasteiger partial charge in [0.25, 0.3) is 0 Å². The molecule has 5 nitrogen and oxygen atoms in total. The van der Waals surface area contributed by atoms with Crippen LogP contribution in [0.15, 0.2) is 0 Å². The van der Waals surface area contributed by atoms with Crippen LogP contribution in [-0.2, 0) is 14.3 Å². The Morgan fingerprint density at radius 3 is 2.59 bits per heavy atom. The molecule has 17 heavy (non-hydrogen) atoms. The summed E-state index contributed by atoms with van der Waals surface area (Å²) in [6.07, 6.45) is 2.40. The number of methoxy groups -OCH3 is 1. The van der Waals surface area contributed by atoms with Crippen LogP contribution in [0, 0.1) is 0 Å². The summed E-state index contributed by atoms with van der Waals surface area (Å²) in [4.78, 5) is 13.8. The number of hydrogen-bond donors (Lipinski definition) is 1. The van der Waals surface area contributed by atoms with Crippen LogP contribution in [0.25, 0.3) is 0 Å².